The fraction of sp³-hybridized carbons (Fsp3) is 0.538. The van der Waals surface area contributed by atoms with E-state index in [1.807, 2.05) is 0 Å². The summed E-state index contributed by atoms with van der Waals surface area (Å²) < 4.78 is 10.5. The fourth-order valence-corrected chi connectivity index (χ4v) is 1.60. The van der Waals surface area contributed by atoms with Crippen LogP contribution in [0.2, 0.25) is 0 Å². The van der Waals surface area contributed by atoms with Crippen LogP contribution in [0, 0.1) is 16.0 Å². The normalized spacial score (nSPS) is 12.1. The van der Waals surface area contributed by atoms with Gasteiger partial charge in [-0.2, -0.15) is 0 Å². The summed E-state index contributed by atoms with van der Waals surface area (Å²) in [6, 6.07) is 6.07. The minimum absolute atomic E-state index is 0.0684. The molecule has 1 aromatic carbocycles. The molecule has 0 saturated carbocycles. The molecule has 0 saturated heterocycles. The van der Waals surface area contributed by atoms with Crippen LogP contribution in [-0.2, 0) is 4.74 Å². The van der Waals surface area contributed by atoms with E-state index in [9.17, 15) is 10.1 Å². The molecule has 0 aliphatic heterocycles. The van der Waals surface area contributed by atoms with E-state index in [-0.39, 0.29) is 5.69 Å². The first-order valence-electron chi connectivity index (χ1n) is 6.20. The van der Waals surface area contributed by atoms with Crippen molar-refractivity contribution >= 4 is 5.69 Å². The van der Waals surface area contributed by atoms with Crippen molar-refractivity contribution in [3.8, 4) is 5.75 Å². The minimum atomic E-state index is -0.428. The Hall–Kier alpha value is -1.66. The van der Waals surface area contributed by atoms with E-state index in [1.54, 1.807) is 19.2 Å². The Bertz CT molecular complexity index is 381. The van der Waals surface area contributed by atoms with E-state index < -0.39 is 4.92 Å². The first kappa shape index (κ1) is 15.4. The summed E-state index contributed by atoms with van der Waals surface area (Å²) >= 11 is 0. The van der Waals surface area contributed by atoms with Gasteiger partial charge in [0.05, 0.1) is 4.92 Å². The second-order valence-electron chi connectivity index (χ2n) is 4.36. The molecule has 1 N–H and O–H groups in total. The van der Waals surface area contributed by atoms with Gasteiger partial charge in [0.2, 0.25) is 0 Å². The maximum atomic E-state index is 10.5. The SMILES string of the molecule is COCC(C)CNCCOc1ccc([N+](=O)[O-])cc1. The van der Waals surface area contributed by atoms with Crippen molar-refractivity contribution in [2.24, 2.45) is 5.92 Å². The van der Waals surface area contributed by atoms with Crippen LogP contribution in [0.3, 0.4) is 0 Å². The second-order valence-corrected chi connectivity index (χ2v) is 4.36. The number of nitro groups is 1. The molecule has 0 heterocycles. The van der Waals surface area contributed by atoms with E-state index in [2.05, 4.69) is 12.2 Å². The number of nitrogens with zero attached hydrogens (tertiary/aromatic N) is 1. The Kier molecular flexibility index (Phi) is 6.84. The van der Waals surface area contributed by atoms with Gasteiger partial charge in [-0.15, -0.1) is 0 Å². The zero-order valence-electron chi connectivity index (χ0n) is 11.3. The number of nitro benzene ring substituents is 1. The first-order chi connectivity index (χ1) is 9.13. The summed E-state index contributed by atoms with van der Waals surface area (Å²) in [4.78, 5) is 10.0. The largest absolute Gasteiger partial charge is 0.492 e. The maximum absolute atomic E-state index is 10.5. The van der Waals surface area contributed by atoms with Crippen LogP contribution < -0.4 is 10.1 Å². The second kappa shape index (κ2) is 8.44. The number of hydrogen-bond donors (Lipinski definition) is 1. The highest BCUT2D eigenvalue weighted by atomic mass is 16.6. The van der Waals surface area contributed by atoms with E-state index in [1.165, 1.54) is 12.1 Å². The molecule has 0 spiro atoms. The third kappa shape index (κ3) is 6.17. The van der Waals surface area contributed by atoms with Crippen molar-refractivity contribution in [3.63, 3.8) is 0 Å². The quantitative estimate of drug-likeness (QED) is 0.420. The lowest BCUT2D eigenvalue weighted by Crippen LogP contribution is -2.27. The molecular formula is C13H20N2O4. The van der Waals surface area contributed by atoms with Crippen molar-refractivity contribution in [3.05, 3.63) is 34.4 Å². The number of nitrogens with one attached hydrogen (secondary N) is 1. The van der Waals surface area contributed by atoms with Crippen molar-refractivity contribution in [2.75, 3.05) is 33.4 Å². The van der Waals surface area contributed by atoms with Gasteiger partial charge in [0, 0.05) is 38.9 Å². The average molecular weight is 268 g/mol. The number of rotatable bonds is 9. The predicted molar refractivity (Wildman–Crippen MR) is 72.5 cm³/mol. The van der Waals surface area contributed by atoms with Gasteiger partial charge in [0.25, 0.3) is 5.69 Å². The summed E-state index contributed by atoms with van der Waals surface area (Å²) in [6.07, 6.45) is 0. The van der Waals surface area contributed by atoms with Crippen molar-refractivity contribution < 1.29 is 14.4 Å². The van der Waals surface area contributed by atoms with Gasteiger partial charge >= 0.3 is 0 Å². The maximum Gasteiger partial charge on any atom is 0.269 e. The van der Waals surface area contributed by atoms with Crippen LogP contribution in [-0.4, -0.2) is 38.3 Å². The van der Waals surface area contributed by atoms with Gasteiger partial charge in [-0.25, -0.2) is 0 Å². The highest BCUT2D eigenvalue weighted by Crippen LogP contribution is 2.16. The Morgan fingerprint density at radius 1 is 1.37 bits per heavy atom. The molecule has 6 nitrogen and oxygen atoms in total. The molecule has 0 radical (unpaired) electrons. The fourth-order valence-electron chi connectivity index (χ4n) is 1.60. The number of methoxy groups -OCH3 is 1. The lowest BCUT2D eigenvalue weighted by molar-refractivity contribution is -0.384. The van der Waals surface area contributed by atoms with E-state index in [0.29, 0.717) is 18.3 Å². The van der Waals surface area contributed by atoms with E-state index >= 15 is 0 Å². The summed E-state index contributed by atoms with van der Waals surface area (Å²) in [7, 11) is 1.69. The Balaban J connectivity index is 2.17. The van der Waals surface area contributed by atoms with Gasteiger partial charge in [0.15, 0.2) is 0 Å². The van der Waals surface area contributed by atoms with Crippen molar-refractivity contribution in [1.82, 2.24) is 5.32 Å². The third-order valence-corrected chi connectivity index (χ3v) is 2.54. The van der Waals surface area contributed by atoms with Gasteiger partial charge in [-0.3, -0.25) is 10.1 Å². The minimum Gasteiger partial charge on any atom is -0.492 e. The molecule has 1 atom stereocenters. The predicted octanol–water partition coefficient (Wildman–Crippen LogP) is 1.85. The van der Waals surface area contributed by atoms with Crippen molar-refractivity contribution in [2.45, 2.75) is 6.92 Å². The molecule has 0 aliphatic rings. The zero-order valence-corrected chi connectivity index (χ0v) is 11.3. The molecule has 0 fully saturated rings. The smallest absolute Gasteiger partial charge is 0.269 e. The molecule has 0 aromatic heterocycles. The number of ether oxygens (including phenoxy) is 2. The summed E-state index contributed by atoms with van der Waals surface area (Å²) in [5.41, 5.74) is 0.0684. The number of non-ortho nitro benzene ring substituents is 1. The molecular weight excluding hydrogens is 248 g/mol. The van der Waals surface area contributed by atoms with Crippen LogP contribution in [0.4, 0.5) is 5.69 Å². The van der Waals surface area contributed by atoms with Gasteiger partial charge < -0.3 is 14.8 Å². The number of hydrogen-bond acceptors (Lipinski definition) is 5. The summed E-state index contributed by atoms with van der Waals surface area (Å²) in [5.74, 6) is 1.10. The van der Waals surface area contributed by atoms with Crippen LogP contribution >= 0.6 is 0 Å². The van der Waals surface area contributed by atoms with Crippen LogP contribution in [0.15, 0.2) is 24.3 Å². The Morgan fingerprint density at radius 2 is 2.05 bits per heavy atom. The highest BCUT2D eigenvalue weighted by molar-refractivity contribution is 5.35. The van der Waals surface area contributed by atoms with Crippen LogP contribution in [0.1, 0.15) is 6.92 Å². The van der Waals surface area contributed by atoms with Gasteiger partial charge in [-0.05, 0) is 18.1 Å². The molecule has 1 aromatic rings. The molecule has 1 unspecified atom stereocenters. The molecule has 0 aliphatic carbocycles. The van der Waals surface area contributed by atoms with Crippen LogP contribution in [0.5, 0.6) is 5.75 Å². The van der Waals surface area contributed by atoms with Crippen molar-refractivity contribution in [1.29, 1.82) is 0 Å². The Labute approximate surface area is 112 Å². The standard InChI is InChI=1S/C13H20N2O4/c1-11(10-18-2)9-14-7-8-19-13-5-3-12(4-6-13)15(16)17/h3-6,11,14H,7-10H2,1-2H3. The molecule has 0 amide bonds. The third-order valence-electron chi connectivity index (χ3n) is 2.54. The molecule has 106 valence electrons. The van der Waals surface area contributed by atoms with Crippen LogP contribution in [0.25, 0.3) is 0 Å². The van der Waals surface area contributed by atoms with E-state index in [0.717, 1.165) is 19.7 Å². The molecule has 1 rings (SSSR count). The van der Waals surface area contributed by atoms with E-state index in [4.69, 9.17) is 9.47 Å². The number of benzene rings is 1. The zero-order chi connectivity index (χ0) is 14.1. The lowest BCUT2D eigenvalue weighted by Gasteiger charge is -2.11. The first-order valence-corrected chi connectivity index (χ1v) is 6.20. The van der Waals surface area contributed by atoms with Gasteiger partial charge in [-0.1, -0.05) is 6.92 Å². The molecule has 0 bridgehead atoms. The van der Waals surface area contributed by atoms with Gasteiger partial charge in [0.1, 0.15) is 12.4 Å². The average Bonchev–Trinajstić information content (AvgIpc) is 2.39. The lowest BCUT2D eigenvalue weighted by atomic mass is 10.2. The highest BCUT2D eigenvalue weighted by Gasteiger charge is 2.04. The summed E-state index contributed by atoms with van der Waals surface area (Å²) in [5, 5.41) is 13.7. The monoisotopic (exact) mass is 268 g/mol. The topological polar surface area (TPSA) is 73.6 Å². The molecule has 6 heteroatoms. The summed E-state index contributed by atoms with van der Waals surface area (Å²) in [6.45, 7) is 4.96. The molecule has 19 heavy (non-hydrogen) atoms. The Morgan fingerprint density at radius 3 is 2.63 bits per heavy atom.